The second-order valence-electron chi connectivity index (χ2n) is 4.44. The van der Waals surface area contributed by atoms with Crippen molar-refractivity contribution in [1.29, 1.82) is 0 Å². The molecule has 2 rings (SSSR count). The Labute approximate surface area is 143 Å². The van der Waals surface area contributed by atoms with Gasteiger partial charge < -0.3 is 4.57 Å². The third-order valence-corrected chi connectivity index (χ3v) is 5.45. The van der Waals surface area contributed by atoms with E-state index in [4.69, 9.17) is 58.0 Å². The zero-order chi connectivity index (χ0) is 16.3. The van der Waals surface area contributed by atoms with Crippen LogP contribution in [0.3, 0.4) is 0 Å². The highest BCUT2D eigenvalue weighted by atomic mass is 35.6. The van der Waals surface area contributed by atoms with E-state index in [1.165, 1.54) is 30.3 Å². The van der Waals surface area contributed by atoms with E-state index in [9.17, 15) is 9.59 Å². The van der Waals surface area contributed by atoms with E-state index in [1.54, 1.807) is 0 Å². The van der Waals surface area contributed by atoms with Gasteiger partial charge in [0.15, 0.2) is 17.0 Å². The van der Waals surface area contributed by atoms with Gasteiger partial charge in [-0.2, -0.15) is 0 Å². The molecule has 0 fully saturated rings. The fraction of sp³-hybridized carbons (Fsp3) is 0.500. The van der Waals surface area contributed by atoms with E-state index in [1.807, 2.05) is 0 Å². The number of hydrogen-bond donors (Lipinski definition) is 0. The molecule has 0 N–H and O–H groups in total. The van der Waals surface area contributed by atoms with Gasteiger partial charge in [0, 0.05) is 21.1 Å². The van der Waals surface area contributed by atoms with Crippen LogP contribution < -0.4 is 11.2 Å². The molecule has 2 aromatic rings. The maximum absolute atomic E-state index is 12.2. The van der Waals surface area contributed by atoms with Gasteiger partial charge in [-0.3, -0.25) is 13.9 Å². The fourth-order valence-electron chi connectivity index (χ4n) is 1.93. The SMILES string of the molecule is Cn1c(=O)c2c(nc(C(Cl)(Cl)C(Cl)(Cl)Cl)n2C)n(C)c1=O. The summed E-state index contributed by atoms with van der Waals surface area (Å²) in [4.78, 5) is 28.2. The molecule has 0 saturated carbocycles. The number of alkyl halides is 5. The zero-order valence-electron chi connectivity index (χ0n) is 11.0. The van der Waals surface area contributed by atoms with E-state index in [2.05, 4.69) is 4.98 Å². The summed E-state index contributed by atoms with van der Waals surface area (Å²) in [6.45, 7) is 0. The molecule has 0 radical (unpaired) electrons. The van der Waals surface area contributed by atoms with Crippen LogP contribution in [0.4, 0.5) is 0 Å². The normalized spacial score (nSPS) is 13.1. The van der Waals surface area contributed by atoms with Gasteiger partial charge in [-0.1, -0.05) is 58.0 Å². The molecule has 0 aliphatic heterocycles. The summed E-state index contributed by atoms with van der Waals surface area (Å²) in [5.74, 6) is -0.0564. The maximum atomic E-state index is 12.2. The van der Waals surface area contributed by atoms with Crippen molar-refractivity contribution in [3.63, 3.8) is 0 Å². The van der Waals surface area contributed by atoms with E-state index in [0.29, 0.717) is 0 Å². The number of imidazole rings is 1. The van der Waals surface area contributed by atoms with Gasteiger partial charge >= 0.3 is 5.69 Å². The van der Waals surface area contributed by atoms with Gasteiger partial charge in [0.05, 0.1) is 0 Å². The van der Waals surface area contributed by atoms with Crippen molar-refractivity contribution in [2.45, 2.75) is 8.13 Å². The highest BCUT2D eigenvalue weighted by molar-refractivity contribution is 6.75. The molecule has 0 aliphatic carbocycles. The number of rotatable bonds is 1. The summed E-state index contributed by atoms with van der Waals surface area (Å²) in [7, 11) is 4.30. The quantitative estimate of drug-likeness (QED) is 0.695. The molecule has 2 aromatic heterocycles. The molecule has 6 nitrogen and oxygen atoms in total. The summed E-state index contributed by atoms with van der Waals surface area (Å²) >= 11 is 29.5. The van der Waals surface area contributed by atoms with Crippen molar-refractivity contribution < 1.29 is 0 Å². The summed E-state index contributed by atoms with van der Waals surface area (Å²) in [5, 5.41) is 0. The molecule has 0 aromatic carbocycles. The van der Waals surface area contributed by atoms with Gasteiger partial charge in [0.1, 0.15) is 0 Å². The number of halogens is 5. The van der Waals surface area contributed by atoms with Gasteiger partial charge in [-0.15, -0.1) is 0 Å². The first-order valence-corrected chi connectivity index (χ1v) is 7.37. The maximum Gasteiger partial charge on any atom is 0.332 e. The van der Waals surface area contributed by atoms with Gasteiger partial charge in [-0.05, 0) is 0 Å². The molecule has 2 heterocycles. The Morgan fingerprint density at radius 1 is 0.905 bits per heavy atom. The minimum absolute atomic E-state index is 0.0564. The zero-order valence-corrected chi connectivity index (χ0v) is 14.8. The molecule has 116 valence electrons. The molecule has 0 atom stereocenters. The molecule has 0 saturated heterocycles. The smallest absolute Gasteiger partial charge is 0.323 e. The second kappa shape index (κ2) is 5.06. The van der Waals surface area contributed by atoms with Gasteiger partial charge in [-0.25, -0.2) is 9.78 Å². The first-order chi connectivity index (χ1) is 9.41. The van der Waals surface area contributed by atoms with Crippen molar-refractivity contribution in [2.24, 2.45) is 21.1 Å². The number of aryl methyl sites for hydroxylation is 2. The molecular formula is C10H9Cl5N4O2. The van der Waals surface area contributed by atoms with Crippen LogP contribution in [0.2, 0.25) is 0 Å². The van der Waals surface area contributed by atoms with Crippen LogP contribution in [0.1, 0.15) is 5.82 Å². The Bertz CT molecular complexity index is 842. The van der Waals surface area contributed by atoms with Crippen molar-refractivity contribution in [3.05, 3.63) is 26.7 Å². The lowest BCUT2D eigenvalue weighted by molar-refractivity contribution is 0.704. The monoisotopic (exact) mass is 392 g/mol. The summed E-state index contributed by atoms with van der Waals surface area (Å²) < 4.78 is -0.670. The minimum Gasteiger partial charge on any atom is -0.323 e. The highest BCUT2D eigenvalue weighted by Crippen LogP contribution is 2.52. The van der Waals surface area contributed by atoms with Crippen molar-refractivity contribution in [3.8, 4) is 0 Å². The van der Waals surface area contributed by atoms with Crippen LogP contribution in [0.25, 0.3) is 11.2 Å². The van der Waals surface area contributed by atoms with Crippen LogP contribution in [-0.2, 0) is 25.5 Å². The number of aromatic nitrogens is 4. The van der Waals surface area contributed by atoms with E-state index in [0.717, 1.165) is 4.57 Å². The van der Waals surface area contributed by atoms with Crippen molar-refractivity contribution >= 4 is 69.2 Å². The Hall–Kier alpha value is -0.400. The number of fused-ring (bicyclic) bond motifs is 1. The van der Waals surface area contributed by atoms with Crippen LogP contribution in [0.15, 0.2) is 9.59 Å². The Morgan fingerprint density at radius 3 is 1.90 bits per heavy atom. The molecule has 21 heavy (non-hydrogen) atoms. The number of hydrogen-bond acceptors (Lipinski definition) is 3. The lowest BCUT2D eigenvalue weighted by Crippen LogP contribution is -2.37. The largest absolute Gasteiger partial charge is 0.332 e. The minimum atomic E-state index is -2.09. The van der Waals surface area contributed by atoms with E-state index < -0.39 is 19.4 Å². The molecule has 0 unspecified atom stereocenters. The molecule has 0 bridgehead atoms. The van der Waals surface area contributed by atoms with Crippen molar-refractivity contribution in [1.82, 2.24) is 18.7 Å². The lowest BCUT2D eigenvalue weighted by atomic mass is 10.4. The Morgan fingerprint density at radius 2 is 1.43 bits per heavy atom. The standard InChI is InChI=1S/C10H9Cl5N4O2/c1-17-4-5(18(2)8(21)19(3)6(4)20)16-7(17)9(11,12)10(13,14)15/h1-3H3. The van der Waals surface area contributed by atoms with E-state index in [-0.39, 0.29) is 17.0 Å². The Balaban J connectivity index is 2.99. The van der Waals surface area contributed by atoms with Gasteiger partial charge in [0.2, 0.25) is 8.13 Å². The van der Waals surface area contributed by atoms with Crippen molar-refractivity contribution in [2.75, 3.05) is 0 Å². The lowest BCUT2D eigenvalue weighted by Gasteiger charge is -2.26. The Kier molecular flexibility index (Phi) is 4.09. The van der Waals surface area contributed by atoms with Crippen LogP contribution in [0, 0.1) is 0 Å². The number of nitrogens with zero attached hydrogens (tertiary/aromatic N) is 4. The third-order valence-electron chi connectivity index (χ3n) is 3.11. The van der Waals surface area contributed by atoms with Crippen LogP contribution in [-0.4, -0.2) is 22.5 Å². The molecule has 0 spiro atoms. The second-order valence-corrected chi connectivity index (χ2v) is 8.05. The summed E-state index contributed by atoms with van der Waals surface area (Å²) in [6, 6.07) is 0. The van der Waals surface area contributed by atoms with E-state index >= 15 is 0 Å². The summed E-state index contributed by atoms with van der Waals surface area (Å²) in [6.07, 6.45) is 0. The van der Waals surface area contributed by atoms with Gasteiger partial charge in [0.25, 0.3) is 5.56 Å². The van der Waals surface area contributed by atoms with Crippen LogP contribution in [0.5, 0.6) is 0 Å². The van der Waals surface area contributed by atoms with Crippen LogP contribution >= 0.6 is 58.0 Å². The average molecular weight is 394 g/mol. The molecule has 11 heteroatoms. The molecular weight excluding hydrogens is 385 g/mol. The first kappa shape index (κ1) is 17.0. The summed E-state index contributed by atoms with van der Waals surface area (Å²) in [5.41, 5.74) is -0.876. The third kappa shape index (κ3) is 2.37. The topological polar surface area (TPSA) is 61.8 Å². The predicted octanol–water partition coefficient (Wildman–Crippen LogP) is 1.97. The highest BCUT2D eigenvalue weighted by Gasteiger charge is 2.51. The fourth-order valence-corrected chi connectivity index (χ4v) is 2.52. The average Bonchev–Trinajstić information content (AvgIpc) is 2.71. The predicted molar refractivity (Wildman–Crippen MR) is 84.9 cm³/mol. The molecule has 0 amide bonds. The molecule has 0 aliphatic rings. The first-order valence-electron chi connectivity index (χ1n) is 5.48.